The molecule has 18 nitrogen and oxygen atoms in total. The number of hydrogen-bond donors (Lipinski definition) is 5. The van der Waals surface area contributed by atoms with E-state index in [2.05, 4.69) is 31.0 Å². The topological polar surface area (TPSA) is 245 Å². The number of nitrogens with two attached hydrogens (primary N) is 1. The number of nitrogens with zero attached hydrogens (tertiary/aromatic N) is 7. The van der Waals surface area contributed by atoms with Crippen molar-refractivity contribution >= 4 is 81.3 Å². The molecule has 0 aromatic carbocycles. The number of aromatic nitrogens is 2. The highest BCUT2D eigenvalue weighted by molar-refractivity contribution is 8.03. The number of oxime groups is 1. The number of hydrazine groups is 2. The Morgan fingerprint density at radius 1 is 1.30 bits per heavy atom. The molecule has 2 aromatic heterocycles. The van der Waals surface area contributed by atoms with E-state index in [4.69, 9.17) is 10.6 Å². The number of thiazole rings is 1. The van der Waals surface area contributed by atoms with Crippen molar-refractivity contribution in [2.45, 2.75) is 18.3 Å². The highest BCUT2D eigenvalue weighted by atomic mass is 32.2. The second-order valence-electron chi connectivity index (χ2n) is 9.85. The molecule has 0 radical (unpaired) electrons. The number of nitrogens with one attached hydrogen (secondary N) is 2. The summed E-state index contributed by atoms with van der Waals surface area (Å²) in [6.45, 7) is 1.74. The minimum Gasteiger partial charge on any atom is -0.477 e. The molecule has 0 aliphatic carbocycles. The van der Waals surface area contributed by atoms with E-state index >= 15 is 0 Å². The van der Waals surface area contributed by atoms with Gasteiger partial charge in [-0.15, -0.1) is 40.4 Å². The Balaban J connectivity index is 1.16. The average molecular weight is 699 g/mol. The van der Waals surface area contributed by atoms with Gasteiger partial charge in [0.15, 0.2) is 16.7 Å². The predicted octanol–water partition coefficient (Wildman–Crippen LogP) is 0.983. The summed E-state index contributed by atoms with van der Waals surface area (Å²) in [6, 6.07) is 1.85. The van der Waals surface area contributed by atoms with E-state index in [1.807, 2.05) is 0 Å². The molecule has 2 aromatic rings. The number of carboxylic acid groups (broad SMARTS) is 2. The molecule has 6 heterocycles. The van der Waals surface area contributed by atoms with Crippen LogP contribution in [-0.4, -0.2) is 99.3 Å². The maximum Gasteiger partial charge on any atom is 0.427 e. The van der Waals surface area contributed by atoms with E-state index in [-0.39, 0.29) is 33.6 Å². The van der Waals surface area contributed by atoms with Crippen LogP contribution in [0, 0.1) is 0 Å². The summed E-state index contributed by atoms with van der Waals surface area (Å²) in [7, 11) is 0. The average Bonchev–Trinajstić information content (AvgIpc) is 3.68. The number of carbonyl (C=O) groups excluding carboxylic acids is 3. The Labute approximate surface area is 276 Å². The third-order valence-electron chi connectivity index (χ3n) is 6.76. The van der Waals surface area contributed by atoms with Crippen LogP contribution in [0.3, 0.4) is 0 Å². The Morgan fingerprint density at radius 2 is 2.11 bits per heavy atom. The first-order valence-electron chi connectivity index (χ1n) is 13.3. The number of fused-ring (bicyclic) bond motifs is 2. The maximum absolute atomic E-state index is 13.4. The van der Waals surface area contributed by atoms with Crippen molar-refractivity contribution in [2.24, 2.45) is 10.1 Å². The molecule has 21 heteroatoms. The van der Waals surface area contributed by atoms with Crippen LogP contribution in [0.5, 0.6) is 0 Å². The summed E-state index contributed by atoms with van der Waals surface area (Å²) < 4.78 is 0. The number of amides is 3. The summed E-state index contributed by atoms with van der Waals surface area (Å²) in [6.07, 6.45) is 4.49. The van der Waals surface area contributed by atoms with E-state index in [1.165, 1.54) is 64.6 Å². The van der Waals surface area contributed by atoms with Gasteiger partial charge in [0.25, 0.3) is 11.8 Å². The number of aliphatic imine (C=N–C) groups is 1. The Kier molecular flexibility index (Phi) is 8.68. The van der Waals surface area contributed by atoms with E-state index < -0.39 is 47.0 Å². The molecule has 6 N–H and O–H groups in total. The van der Waals surface area contributed by atoms with E-state index in [0.29, 0.717) is 22.1 Å². The molecule has 4 aliphatic heterocycles. The summed E-state index contributed by atoms with van der Waals surface area (Å²) in [5, 5.41) is 29.4. The summed E-state index contributed by atoms with van der Waals surface area (Å²) >= 11 is 3.50. The number of carboxylic acids is 1. The fourth-order valence-corrected chi connectivity index (χ4v) is 7.75. The molecule has 0 saturated carbocycles. The summed E-state index contributed by atoms with van der Waals surface area (Å²) in [5.74, 6) is -3.05. The van der Waals surface area contributed by atoms with Crippen LogP contribution in [0.15, 0.2) is 74.5 Å². The van der Waals surface area contributed by atoms with Gasteiger partial charge in [-0.1, -0.05) is 5.16 Å². The summed E-state index contributed by atoms with van der Waals surface area (Å²) in [5.41, 5.74) is 8.92. The molecule has 6 rings (SSSR count). The smallest absolute Gasteiger partial charge is 0.427 e. The van der Waals surface area contributed by atoms with Crippen molar-refractivity contribution in [1.29, 1.82) is 0 Å². The number of anilines is 1. The van der Waals surface area contributed by atoms with Crippen LogP contribution in [0.2, 0.25) is 0 Å². The second-order valence-corrected chi connectivity index (χ2v) is 12.8. The Hall–Kier alpha value is -5.25. The largest absolute Gasteiger partial charge is 0.477 e. The monoisotopic (exact) mass is 698 g/mol. The number of pyridine rings is 1. The minimum absolute atomic E-state index is 0.00335. The number of rotatable bonds is 9. The van der Waals surface area contributed by atoms with E-state index in [0.717, 1.165) is 21.2 Å². The van der Waals surface area contributed by atoms with Gasteiger partial charge in [-0.25, -0.2) is 29.4 Å². The van der Waals surface area contributed by atoms with Crippen molar-refractivity contribution in [3.05, 3.63) is 75.6 Å². The highest BCUT2D eigenvalue weighted by Gasteiger charge is 2.54. The van der Waals surface area contributed by atoms with Crippen LogP contribution in [0.1, 0.15) is 23.0 Å². The van der Waals surface area contributed by atoms with Gasteiger partial charge in [0.05, 0.1) is 16.8 Å². The van der Waals surface area contributed by atoms with Gasteiger partial charge in [-0.05, 0) is 30.7 Å². The van der Waals surface area contributed by atoms with Crippen LogP contribution in [0.4, 0.5) is 9.93 Å². The van der Waals surface area contributed by atoms with Gasteiger partial charge in [-0.3, -0.25) is 19.5 Å². The third-order valence-corrected chi connectivity index (χ3v) is 9.86. The predicted molar refractivity (Wildman–Crippen MR) is 169 cm³/mol. The fraction of sp³-hybridized carbons (Fsp3) is 0.192. The number of hydrogen-bond acceptors (Lipinski definition) is 16. The lowest BCUT2D eigenvalue weighted by Crippen LogP contribution is -2.71. The Morgan fingerprint density at radius 3 is 2.79 bits per heavy atom. The molecule has 1 fully saturated rings. The van der Waals surface area contributed by atoms with Gasteiger partial charge in [0.2, 0.25) is 0 Å². The number of nitrogen functional groups attached to an aromatic ring is 1. The first-order valence-corrected chi connectivity index (χ1v) is 16.2. The normalized spacial score (nSPS) is 20.4. The van der Waals surface area contributed by atoms with Gasteiger partial charge >= 0.3 is 18.0 Å². The van der Waals surface area contributed by atoms with Gasteiger partial charge in [0, 0.05) is 35.0 Å². The lowest BCUT2D eigenvalue weighted by molar-refractivity contribution is -0.150. The van der Waals surface area contributed by atoms with Crippen molar-refractivity contribution in [2.75, 3.05) is 17.2 Å². The van der Waals surface area contributed by atoms with Crippen molar-refractivity contribution in [3.63, 3.8) is 0 Å². The highest BCUT2D eigenvalue weighted by Crippen LogP contribution is 2.42. The Bertz CT molecular complexity index is 1860. The van der Waals surface area contributed by atoms with Crippen LogP contribution in [-0.2, 0) is 19.2 Å². The minimum atomic E-state index is -1.32. The van der Waals surface area contributed by atoms with Crippen molar-refractivity contribution < 1.29 is 39.0 Å². The van der Waals surface area contributed by atoms with Gasteiger partial charge in [0.1, 0.15) is 22.8 Å². The molecule has 0 bridgehead atoms. The zero-order valence-corrected chi connectivity index (χ0v) is 26.3. The van der Waals surface area contributed by atoms with Gasteiger partial charge in [-0.2, -0.15) is 5.01 Å². The van der Waals surface area contributed by atoms with Gasteiger partial charge < -0.3 is 26.1 Å². The zero-order valence-electron chi connectivity index (χ0n) is 23.9. The summed E-state index contributed by atoms with van der Waals surface area (Å²) in [4.78, 5) is 81.2. The lowest BCUT2D eigenvalue weighted by atomic mass is 10.0. The standard InChI is InChI=1S/C26H22N10O8S3/c1-11-5-16(36-15(29-11)7-34(33-36)26(42)43)45-8-13-9-46-22-18(21(38)35(22)19(13)23(39)40)31-20(37)17(14-10-47-25(27)30-14)32-44-24(41)12-3-2-4-28-6-12/h2-7,10,18,22,33H,8-9H2,1H3,(H2,27,30)(H,31,37)(H,39,40)(H,42,43)/b32-17-/t18-,22-/m1/s1. The molecule has 0 spiro atoms. The van der Waals surface area contributed by atoms with E-state index in [1.54, 1.807) is 13.0 Å². The zero-order chi connectivity index (χ0) is 33.4. The van der Waals surface area contributed by atoms with E-state index in [9.17, 15) is 34.2 Å². The molecule has 0 unspecified atom stereocenters. The number of aliphatic carboxylic acids is 1. The second kappa shape index (κ2) is 12.9. The molecule has 1 saturated heterocycles. The maximum atomic E-state index is 13.4. The number of thioether (sulfide) groups is 2. The van der Waals surface area contributed by atoms with Crippen LogP contribution >= 0.6 is 34.9 Å². The van der Waals surface area contributed by atoms with Crippen molar-refractivity contribution in [1.82, 2.24) is 35.7 Å². The van der Waals surface area contributed by atoms with Crippen molar-refractivity contribution in [3.8, 4) is 0 Å². The molecule has 2 atom stereocenters. The first kappa shape index (κ1) is 31.7. The molecular weight excluding hydrogens is 677 g/mol. The quantitative estimate of drug-likeness (QED) is 0.106. The number of carbonyl (C=O) groups is 5. The van der Waals surface area contributed by atoms with Crippen LogP contribution in [0.25, 0.3) is 0 Å². The number of allylic oxidation sites excluding steroid dienone is 1. The van der Waals surface area contributed by atoms with Crippen LogP contribution < -0.4 is 16.6 Å². The molecule has 4 aliphatic rings. The molecule has 242 valence electrons. The molecular formula is C26H22N10O8S3. The molecule has 47 heavy (non-hydrogen) atoms. The molecule has 3 amide bonds. The lowest BCUT2D eigenvalue weighted by Gasteiger charge is -2.49. The SMILES string of the molecule is CC1=NC2=CN(C(=O)O)NN2C(SCC2=C(C(=O)O)N3C(=O)[C@@H](NC(=O)/C(=N\OC(=O)c4cccnc4)c4csc(N)n4)[C@H]3SC2)=C1. The number of β-lactam (4-membered cyclic amide) rings is 1. The third kappa shape index (κ3) is 6.27. The fourth-order valence-electron chi connectivity index (χ4n) is 4.65. The first-order chi connectivity index (χ1) is 22.5.